The molecule has 1 aliphatic heterocycles. The molecule has 1 rings (SSSR count). The van der Waals surface area contributed by atoms with E-state index < -0.39 is 36.7 Å². The molecule has 1 atom stereocenters. The van der Waals surface area contributed by atoms with Crippen molar-refractivity contribution in [2.45, 2.75) is 24.6 Å². The van der Waals surface area contributed by atoms with Gasteiger partial charge < -0.3 is 10.8 Å². The molecule has 0 radical (unpaired) electrons. The lowest BCUT2D eigenvalue weighted by Gasteiger charge is -2.25. The number of likely N-dealkylation sites (tertiary alicyclic amines) is 1. The number of hydrogen-bond donors (Lipinski definition) is 3. The number of β-amino-alcohol motifs (C(OH)–C–C–N with tert-alkyl or cyclic N) is 1. The summed E-state index contributed by atoms with van der Waals surface area (Å²) in [6.45, 7) is -0.502. The van der Waals surface area contributed by atoms with Crippen LogP contribution in [0.5, 0.6) is 0 Å². The first-order valence-corrected chi connectivity index (χ1v) is 5.25. The highest BCUT2D eigenvalue weighted by atomic mass is 19.4. The van der Waals surface area contributed by atoms with Gasteiger partial charge in [-0.25, -0.2) is 4.79 Å². The molecule has 6 nitrogen and oxygen atoms in total. The molecule has 104 valence electrons. The summed E-state index contributed by atoms with van der Waals surface area (Å²) in [5.41, 5.74) is 1.99. The lowest BCUT2D eigenvalue weighted by atomic mass is 10.0. The van der Waals surface area contributed by atoms with Crippen LogP contribution in [0.15, 0.2) is 0 Å². The van der Waals surface area contributed by atoms with Crippen molar-refractivity contribution in [1.82, 2.24) is 10.2 Å². The molecule has 9 heteroatoms. The summed E-state index contributed by atoms with van der Waals surface area (Å²) in [5.74, 6) is -0.662. The minimum atomic E-state index is -4.68. The van der Waals surface area contributed by atoms with Crippen molar-refractivity contribution < 1.29 is 27.9 Å². The lowest BCUT2D eigenvalue weighted by Crippen LogP contribution is -2.47. The van der Waals surface area contributed by atoms with Crippen molar-refractivity contribution in [1.29, 1.82) is 0 Å². The standard InChI is InChI=1S/C9H14F3N3O3/c10-9(11,12)8(18)2-4-15(5-8)3-1-6(16)14-7(13)17/h18H,1-5H2,(H3,13,14,16,17). The minimum Gasteiger partial charge on any atom is -0.379 e. The van der Waals surface area contributed by atoms with Gasteiger partial charge in [0, 0.05) is 26.1 Å². The van der Waals surface area contributed by atoms with Gasteiger partial charge in [-0.1, -0.05) is 0 Å². The highest BCUT2D eigenvalue weighted by Gasteiger charge is 2.56. The van der Waals surface area contributed by atoms with Gasteiger partial charge >= 0.3 is 12.2 Å². The van der Waals surface area contributed by atoms with Gasteiger partial charge in [-0.05, 0) is 6.42 Å². The Labute approximate surface area is 101 Å². The molecule has 0 aromatic carbocycles. The smallest absolute Gasteiger partial charge is 0.379 e. The third kappa shape index (κ3) is 3.57. The van der Waals surface area contributed by atoms with Gasteiger partial charge in [0.05, 0.1) is 0 Å². The van der Waals surface area contributed by atoms with Crippen LogP contribution < -0.4 is 11.1 Å². The molecule has 18 heavy (non-hydrogen) atoms. The molecule has 3 amide bonds. The second-order valence-corrected chi connectivity index (χ2v) is 4.22. The number of halogens is 3. The molecule has 0 aromatic heterocycles. The van der Waals surface area contributed by atoms with Crippen LogP contribution in [0.25, 0.3) is 0 Å². The van der Waals surface area contributed by atoms with Crippen LogP contribution in [-0.2, 0) is 4.79 Å². The predicted octanol–water partition coefficient (Wildman–Crippen LogP) is -0.430. The number of nitrogens with one attached hydrogen (secondary N) is 1. The van der Waals surface area contributed by atoms with Gasteiger partial charge in [-0.2, -0.15) is 13.2 Å². The fourth-order valence-corrected chi connectivity index (χ4v) is 1.75. The maximum atomic E-state index is 12.5. The van der Waals surface area contributed by atoms with Gasteiger partial charge in [-0.3, -0.25) is 15.0 Å². The van der Waals surface area contributed by atoms with E-state index in [1.807, 2.05) is 0 Å². The van der Waals surface area contributed by atoms with Crippen molar-refractivity contribution in [2.24, 2.45) is 5.73 Å². The van der Waals surface area contributed by atoms with Crippen molar-refractivity contribution in [3.63, 3.8) is 0 Å². The molecule has 1 aliphatic rings. The Morgan fingerprint density at radius 1 is 1.44 bits per heavy atom. The molecule has 1 saturated heterocycles. The first-order chi connectivity index (χ1) is 8.14. The van der Waals surface area contributed by atoms with E-state index in [4.69, 9.17) is 5.73 Å². The molecule has 1 unspecified atom stereocenters. The van der Waals surface area contributed by atoms with Crippen LogP contribution in [0.3, 0.4) is 0 Å². The molecule has 1 fully saturated rings. The Morgan fingerprint density at radius 2 is 2.06 bits per heavy atom. The first kappa shape index (κ1) is 14.7. The van der Waals surface area contributed by atoms with E-state index in [0.717, 1.165) is 0 Å². The third-order valence-electron chi connectivity index (χ3n) is 2.77. The predicted molar refractivity (Wildman–Crippen MR) is 54.4 cm³/mol. The van der Waals surface area contributed by atoms with Crippen LogP contribution in [0.1, 0.15) is 12.8 Å². The average Bonchev–Trinajstić information content (AvgIpc) is 2.57. The Balaban J connectivity index is 2.40. The second kappa shape index (κ2) is 5.11. The fraction of sp³-hybridized carbons (Fsp3) is 0.778. The molecular weight excluding hydrogens is 255 g/mol. The molecule has 0 spiro atoms. The lowest BCUT2D eigenvalue weighted by molar-refractivity contribution is -0.253. The molecule has 0 bridgehead atoms. The first-order valence-electron chi connectivity index (χ1n) is 5.25. The number of amides is 3. The van der Waals surface area contributed by atoms with E-state index in [2.05, 4.69) is 0 Å². The molecule has 1 heterocycles. The van der Waals surface area contributed by atoms with E-state index in [9.17, 15) is 27.9 Å². The number of urea groups is 1. The zero-order valence-corrected chi connectivity index (χ0v) is 9.46. The van der Waals surface area contributed by atoms with Gasteiger partial charge in [0.1, 0.15) is 0 Å². The summed E-state index contributed by atoms with van der Waals surface area (Å²) in [6.07, 6.45) is -5.26. The summed E-state index contributed by atoms with van der Waals surface area (Å²) < 4.78 is 37.4. The van der Waals surface area contributed by atoms with Crippen LogP contribution in [0.2, 0.25) is 0 Å². The number of aliphatic hydroxyl groups is 1. The number of rotatable bonds is 3. The van der Waals surface area contributed by atoms with Gasteiger partial charge in [0.15, 0.2) is 5.60 Å². The summed E-state index contributed by atoms with van der Waals surface area (Å²) in [6, 6.07) is -1.01. The highest BCUT2D eigenvalue weighted by Crippen LogP contribution is 2.37. The normalized spacial score (nSPS) is 25.1. The largest absolute Gasteiger partial charge is 0.418 e. The zero-order valence-electron chi connectivity index (χ0n) is 9.46. The van der Waals surface area contributed by atoms with E-state index in [1.54, 1.807) is 5.32 Å². The number of nitrogens with two attached hydrogens (primary N) is 1. The Hall–Kier alpha value is -1.35. The summed E-state index contributed by atoms with van der Waals surface area (Å²) in [4.78, 5) is 22.7. The minimum absolute atomic E-state index is 0.0253. The molecule has 0 aliphatic carbocycles. The van der Waals surface area contributed by atoms with Crippen molar-refractivity contribution in [3.05, 3.63) is 0 Å². The Bertz CT molecular complexity index is 348. The maximum absolute atomic E-state index is 12.5. The number of carbonyl (C=O) groups is 2. The van der Waals surface area contributed by atoms with Crippen molar-refractivity contribution >= 4 is 11.9 Å². The average molecular weight is 269 g/mol. The number of carbonyl (C=O) groups excluding carboxylic acids is 2. The molecule has 0 saturated carbocycles. The van der Waals surface area contributed by atoms with E-state index in [0.29, 0.717) is 0 Å². The summed E-state index contributed by atoms with van der Waals surface area (Å²) in [5, 5.41) is 11.2. The number of alkyl halides is 3. The molecular formula is C9H14F3N3O3. The van der Waals surface area contributed by atoms with Gasteiger partial charge in [0.2, 0.25) is 5.91 Å². The van der Waals surface area contributed by atoms with E-state index >= 15 is 0 Å². The molecule has 0 aromatic rings. The second-order valence-electron chi connectivity index (χ2n) is 4.22. The summed E-state index contributed by atoms with van der Waals surface area (Å²) in [7, 11) is 0. The number of hydrogen-bond acceptors (Lipinski definition) is 4. The SMILES string of the molecule is NC(=O)NC(=O)CCN1CCC(O)(C(F)(F)F)C1. The van der Waals surface area contributed by atoms with Crippen LogP contribution >= 0.6 is 0 Å². The van der Waals surface area contributed by atoms with E-state index in [1.165, 1.54) is 4.90 Å². The van der Waals surface area contributed by atoms with Gasteiger partial charge in [-0.15, -0.1) is 0 Å². The van der Waals surface area contributed by atoms with Crippen molar-refractivity contribution in [2.75, 3.05) is 19.6 Å². The third-order valence-corrected chi connectivity index (χ3v) is 2.77. The van der Waals surface area contributed by atoms with E-state index in [-0.39, 0.29) is 19.5 Å². The maximum Gasteiger partial charge on any atom is 0.418 e. The van der Waals surface area contributed by atoms with Crippen molar-refractivity contribution in [3.8, 4) is 0 Å². The van der Waals surface area contributed by atoms with Gasteiger partial charge in [0.25, 0.3) is 0 Å². The summed E-state index contributed by atoms with van der Waals surface area (Å²) >= 11 is 0. The quantitative estimate of drug-likeness (QED) is 0.648. The van der Waals surface area contributed by atoms with Crippen LogP contribution in [-0.4, -0.2) is 53.4 Å². The monoisotopic (exact) mass is 269 g/mol. The fourth-order valence-electron chi connectivity index (χ4n) is 1.75. The number of primary amides is 1. The Morgan fingerprint density at radius 3 is 2.50 bits per heavy atom. The number of nitrogens with zero attached hydrogens (tertiary/aromatic N) is 1. The highest BCUT2D eigenvalue weighted by molar-refractivity contribution is 5.93. The topological polar surface area (TPSA) is 95.7 Å². The number of imide groups is 1. The van der Waals surface area contributed by atoms with Crippen LogP contribution in [0, 0.1) is 0 Å². The zero-order chi connectivity index (χ0) is 14.0. The Kier molecular flexibility index (Phi) is 4.17. The molecule has 4 N–H and O–H groups in total. The van der Waals surface area contributed by atoms with Crippen LogP contribution in [0.4, 0.5) is 18.0 Å².